The van der Waals surface area contributed by atoms with Crippen LogP contribution in [0.3, 0.4) is 0 Å². The van der Waals surface area contributed by atoms with Gasteiger partial charge in [0.25, 0.3) is 11.6 Å². The number of methoxy groups -OCH3 is 1. The summed E-state index contributed by atoms with van der Waals surface area (Å²) in [6.45, 7) is -0.329. The molecule has 38 heavy (non-hydrogen) atoms. The molecule has 1 fully saturated rings. The van der Waals surface area contributed by atoms with Crippen molar-refractivity contribution in [3.05, 3.63) is 90.6 Å². The number of hydrogen-bond donors (Lipinski definition) is 1. The van der Waals surface area contributed by atoms with Crippen LogP contribution in [0.1, 0.15) is 21.9 Å². The van der Waals surface area contributed by atoms with Crippen molar-refractivity contribution in [2.45, 2.75) is 6.54 Å². The highest BCUT2D eigenvalue weighted by atomic mass is 35.5. The van der Waals surface area contributed by atoms with E-state index in [1.807, 2.05) is 0 Å². The normalized spacial score (nSPS) is 13.9. The van der Waals surface area contributed by atoms with Gasteiger partial charge < -0.3 is 19.2 Å². The van der Waals surface area contributed by atoms with Crippen LogP contribution < -0.4 is 10.1 Å². The lowest BCUT2D eigenvalue weighted by atomic mass is 10.1. The quantitative estimate of drug-likeness (QED) is 0.142. The minimum atomic E-state index is -0.826. The van der Waals surface area contributed by atoms with Gasteiger partial charge in [-0.05, 0) is 24.3 Å². The van der Waals surface area contributed by atoms with Crippen LogP contribution >= 0.6 is 11.6 Å². The molecule has 0 saturated carbocycles. The maximum absolute atomic E-state index is 13.0. The third-order valence-corrected chi connectivity index (χ3v) is 5.24. The predicted molar refractivity (Wildman–Crippen MR) is 126 cm³/mol. The topological polar surface area (TPSA) is 197 Å². The number of halogens is 1. The second kappa shape index (κ2) is 10.4. The maximum Gasteiger partial charge on any atom is 0.373 e. The van der Waals surface area contributed by atoms with E-state index >= 15 is 0 Å². The number of pyridine rings is 1. The van der Waals surface area contributed by atoms with Crippen LogP contribution in [-0.2, 0) is 16.1 Å². The average molecular weight is 544 g/mol. The fourth-order valence-electron chi connectivity index (χ4n) is 3.30. The van der Waals surface area contributed by atoms with Crippen LogP contribution in [0.5, 0.6) is 11.6 Å². The van der Waals surface area contributed by atoms with Gasteiger partial charge in [-0.3, -0.25) is 29.9 Å². The molecule has 0 atom stereocenters. The predicted octanol–water partition coefficient (Wildman–Crippen LogP) is 3.82. The number of aromatic nitrogens is 1. The Kier molecular flexibility index (Phi) is 7.02. The van der Waals surface area contributed by atoms with Gasteiger partial charge in [-0.25, -0.2) is 14.6 Å². The Morgan fingerprint density at radius 2 is 1.95 bits per heavy atom. The minimum Gasteiger partial charge on any atom is -0.463 e. The van der Waals surface area contributed by atoms with Crippen molar-refractivity contribution in [2.75, 3.05) is 7.11 Å². The first-order valence-corrected chi connectivity index (χ1v) is 10.7. The molecule has 1 N–H and O–H groups in total. The highest BCUT2D eigenvalue weighted by Crippen LogP contribution is 2.38. The molecular weight excluding hydrogens is 530 g/mol. The molecule has 0 radical (unpaired) electrons. The van der Waals surface area contributed by atoms with Gasteiger partial charge >= 0.3 is 17.7 Å². The van der Waals surface area contributed by atoms with Crippen molar-refractivity contribution >= 4 is 47.0 Å². The zero-order valence-corrected chi connectivity index (χ0v) is 19.8. The van der Waals surface area contributed by atoms with Gasteiger partial charge in [0, 0.05) is 28.8 Å². The number of amides is 3. The molecule has 2 aromatic heterocycles. The van der Waals surface area contributed by atoms with Crippen LogP contribution in [0.4, 0.5) is 16.2 Å². The van der Waals surface area contributed by atoms with E-state index < -0.39 is 33.4 Å². The highest BCUT2D eigenvalue weighted by Gasteiger charge is 2.35. The van der Waals surface area contributed by atoms with E-state index in [1.54, 1.807) is 0 Å². The van der Waals surface area contributed by atoms with Gasteiger partial charge in [0.2, 0.25) is 17.4 Å². The summed E-state index contributed by atoms with van der Waals surface area (Å²) in [5.74, 6) is -2.18. The van der Waals surface area contributed by atoms with E-state index in [4.69, 9.17) is 20.8 Å². The van der Waals surface area contributed by atoms with Gasteiger partial charge in [-0.15, -0.1) is 0 Å². The number of benzene rings is 1. The lowest BCUT2D eigenvalue weighted by molar-refractivity contribution is -0.385. The first-order valence-electron chi connectivity index (χ1n) is 10.3. The van der Waals surface area contributed by atoms with Gasteiger partial charge in [0.15, 0.2) is 0 Å². The Morgan fingerprint density at radius 3 is 2.58 bits per heavy atom. The number of carbonyl (C=O) groups is 3. The van der Waals surface area contributed by atoms with Crippen LogP contribution in [0.25, 0.3) is 6.08 Å². The molecule has 1 aliphatic heterocycles. The Bertz CT molecular complexity index is 1520. The lowest BCUT2D eigenvalue weighted by Crippen LogP contribution is -2.30. The lowest BCUT2D eigenvalue weighted by Gasteiger charge is -2.10. The third-order valence-electron chi connectivity index (χ3n) is 5.02. The molecule has 15 nitrogen and oxygen atoms in total. The number of nitrogens with zero attached hydrogens (tertiary/aromatic N) is 4. The number of hydrogen-bond acceptors (Lipinski definition) is 11. The van der Waals surface area contributed by atoms with Crippen LogP contribution in [-0.4, -0.2) is 44.7 Å². The highest BCUT2D eigenvalue weighted by molar-refractivity contribution is 6.31. The van der Waals surface area contributed by atoms with Crippen LogP contribution in [0.15, 0.2) is 52.7 Å². The van der Waals surface area contributed by atoms with Gasteiger partial charge in [0.05, 0.1) is 23.5 Å². The minimum absolute atomic E-state index is 0.0687. The van der Waals surface area contributed by atoms with Gasteiger partial charge in [0.1, 0.15) is 17.7 Å². The zero-order valence-electron chi connectivity index (χ0n) is 19.1. The fraction of sp³-hybridized carbons (Fsp3) is 0.0909. The van der Waals surface area contributed by atoms with Gasteiger partial charge in [-0.1, -0.05) is 11.6 Å². The molecule has 0 unspecified atom stereocenters. The van der Waals surface area contributed by atoms with E-state index in [0.717, 1.165) is 42.5 Å². The number of carbonyl (C=O) groups excluding carboxylic acids is 3. The molecule has 1 aliphatic rings. The van der Waals surface area contributed by atoms with Crippen LogP contribution in [0.2, 0.25) is 5.02 Å². The third kappa shape index (κ3) is 5.26. The van der Waals surface area contributed by atoms with Crippen LogP contribution in [0, 0.1) is 20.2 Å². The summed E-state index contributed by atoms with van der Waals surface area (Å²) >= 11 is 6.04. The van der Waals surface area contributed by atoms with Crippen molar-refractivity contribution in [3.63, 3.8) is 0 Å². The Hall–Kier alpha value is -5.31. The first kappa shape index (κ1) is 25.8. The molecule has 3 heterocycles. The fourth-order valence-corrected chi connectivity index (χ4v) is 3.52. The average Bonchev–Trinajstić information content (AvgIpc) is 3.45. The largest absolute Gasteiger partial charge is 0.463 e. The van der Waals surface area contributed by atoms with Gasteiger partial charge in [-0.2, -0.15) is 0 Å². The molecule has 1 aromatic carbocycles. The van der Waals surface area contributed by atoms with Crippen molar-refractivity contribution in [3.8, 4) is 11.6 Å². The molecule has 194 valence electrons. The zero-order chi connectivity index (χ0) is 27.6. The maximum atomic E-state index is 13.0. The summed E-state index contributed by atoms with van der Waals surface area (Å²) in [6.07, 6.45) is 2.01. The van der Waals surface area contributed by atoms with Crippen molar-refractivity contribution in [1.82, 2.24) is 15.2 Å². The van der Waals surface area contributed by atoms with E-state index in [2.05, 4.69) is 15.0 Å². The molecular formula is C22H14ClN5O10. The Labute approximate surface area is 216 Å². The second-order valence-electron chi connectivity index (χ2n) is 7.45. The summed E-state index contributed by atoms with van der Waals surface area (Å²) in [4.78, 5) is 62.6. The monoisotopic (exact) mass is 543 g/mol. The summed E-state index contributed by atoms with van der Waals surface area (Å²) in [7, 11) is 1.16. The molecule has 4 rings (SSSR count). The summed E-state index contributed by atoms with van der Waals surface area (Å²) in [6, 6.07) is 6.34. The van der Waals surface area contributed by atoms with Crippen molar-refractivity contribution in [1.29, 1.82) is 0 Å². The van der Waals surface area contributed by atoms with E-state index in [9.17, 15) is 34.6 Å². The number of nitro benzene ring substituents is 1. The molecule has 0 spiro atoms. The standard InChI is InChI=1S/C22H14ClN5O10/c1-36-21(30)17-4-3-14(37-17)10-26-20(29)15(25-22(26)31)7-11-6-12(23)8-16(28(34)35)19(11)38-18-5-2-13(9-24-18)27(32)33/h2-9H,10H2,1H3,(H,25,31)/b15-7-. The molecule has 16 heteroatoms. The van der Waals surface area contributed by atoms with E-state index in [0.29, 0.717) is 0 Å². The Balaban J connectivity index is 1.66. The molecule has 3 amide bonds. The van der Waals surface area contributed by atoms with E-state index in [-0.39, 0.29) is 51.7 Å². The van der Waals surface area contributed by atoms with Crippen molar-refractivity contribution in [2.24, 2.45) is 0 Å². The molecule has 1 saturated heterocycles. The molecule has 0 aliphatic carbocycles. The number of furan rings is 1. The van der Waals surface area contributed by atoms with E-state index in [1.165, 1.54) is 18.2 Å². The number of urea groups is 1. The number of rotatable bonds is 8. The summed E-state index contributed by atoms with van der Waals surface area (Å²) in [5, 5.41) is 24.8. The first-order chi connectivity index (χ1) is 18.1. The number of ether oxygens (including phenoxy) is 2. The van der Waals surface area contributed by atoms with Crippen molar-refractivity contribution < 1.29 is 38.1 Å². The molecule has 3 aromatic rings. The number of imide groups is 1. The number of esters is 1. The Morgan fingerprint density at radius 1 is 1.18 bits per heavy atom. The number of nitrogens with one attached hydrogen (secondary N) is 1. The SMILES string of the molecule is COC(=O)c1ccc(CN2C(=O)N/C(=C\c3cc(Cl)cc([N+](=O)[O-])c3Oc3ccc([N+](=O)[O-])cn3)C2=O)o1. The molecule has 0 bridgehead atoms. The smallest absolute Gasteiger partial charge is 0.373 e. The second-order valence-corrected chi connectivity index (χ2v) is 7.89. The summed E-state index contributed by atoms with van der Waals surface area (Å²) < 4.78 is 15.4. The summed E-state index contributed by atoms with van der Waals surface area (Å²) in [5.41, 5.74) is -1.27. The number of nitro groups is 2.